The number of benzene rings is 2. The number of halogens is 1. The van der Waals surface area contributed by atoms with Crippen molar-refractivity contribution in [2.75, 3.05) is 4.90 Å². The van der Waals surface area contributed by atoms with Crippen molar-refractivity contribution in [1.29, 1.82) is 0 Å². The second kappa shape index (κ2) is 9.37. The van der Waals surface area contributed by atoms with Gasteiger partial charge < -0.3 is 9.84 Å². The van der Waals surface area contributed by atoms with Crippen molar-refractivity contribution >= 4 is 55.7 Å². The minimum absolute atomic E-state index is 0.0612. The summed E-state index contributed by atoms with van der Waals surface area (Å²) in [6.45, 7) is 5.68. The van der Waals surface area contributed by atoms with Crippen LogP contribution < -0.4 is 9.64 Å². The Labute approximate surface area is 216 Å². The van der Waals surface area contributed by atoms with Gasteiger partial charge in [-0.05, 0) is 62.7 Å². The van der Waals surface area contributed by atoms with Gasteiger partial charge in [-0.15, -0.1) is 0 Å². The molecule has 2 aromatic heterocycles. The van der Waals surface area contributed by atoms with Crippen molar-refractivity contribution in [3.63, 3.8) is 0 Å². The molecule has 36 heavy (non-hydrogen) atoms. The van der Waals surface area contributed by atoms with Crippen LogP contribution in [0.25, 0.3) is 16.0 Å². The number of rotatable bonds is 5. The number of carbonyl (C=O) groups is 2. The Morgan fingerprint density at radius 2 is 1.94 bits per heavy atom. The van der Waals surface area contributed by atoms with Gasteiger partial charge in [0.15, 0.2) is 5.13 Å². The van der Waals surface area contributed by atoms with E-state index >= 15 is 0 Å². The molecular weight excluding hydrogens is 498 g/mol. The van der Waals surface area contributed by atoms with E-state index in [2.05, 4.69) is 9.97 Å². The van der Waals surface area contributed by atoms with Crippen LogP contribution in [0.1, 0.15) is 36.7 Å². The maximum absolute atomic E-state index is 13.4. The van der Waals surface area contributed by atoms with Crippen LogP contribution in [0.5, 0.6) is 5.75 Å². The molecule has 182 valence electrons. The number of fused-ring (bicyclic) bond motifs is 1. The van der Waals surface area contributed by atoms with Gasteiger partial charge in [0.2, 0.25) is 0 Å². The molecule has 4 aromatic rings. The monoisotopic (exact) mass is 519 g/mol. The average molecular weight is 520 g/mol. The van der Waals surface area contributed by atoms with E-state index in [1.165, 1.54) is 16.2 Å². The molecule has 0 saturated carbocycles. The van der Waals surface area contributed by atoms with E-state index < -0.39 is 17.7 Å². The molecule has 3 heterocycles. The van der Waals surface area contributed by atoms with Gasteiger partial charge in [-0.25, -0.2) is 4.98 Å². The van der Waals surface area contributed by atoms with Gasteiger partial charge >= 0.3 is 5.91 Å². The standard InChI is InChI=1S/C27H22ClN3O4S/c1-14(2)35-17-8-6-7-16(12-17)24(32)22-23(19-9-4-5-10-29-19)31(26(34)25(22)33)27-30-20-13-18(28)15(3)11-21(20)36-27/h4-14,23,32H,1-3H3/b24-22+. The Hall–Kier alpha value is -3.75. The van der Waals surface area contributed by atoms with Crippen molar-refractivity contribution in [3.8, 4) is 5.75 Å². The lowest BCUT2D eigenvalue weighted by Gasteiger charge is -2.22. The summed E-state index contributed by atoms with van der Waals surface area (Å²) in [5, 5.41) is 12.2. The molecule has 0 bridgehead atoms. The summed E-state index contributed by atoms with van der Waals surface area (Å²) in [5.74, 6) is -1.37. The zero-order valence-corrected chi connectivity index (χ0v) is 21.3. The molecule has 9 heteroatoms. The van der Waals surface area contributed by atoms with E-state index in [-0.39, 0.29) is 17.4 Å². The summed E-state index contributed by atoms with van der Waals surface area (Å²) in [5.41, 5.74) is 2.23. The number of ketones is 1. The molecule has 2 aromatic carbocycles. The van der Waals surface area contributed by atoms with Gasteiger partial charge in [0, 0.05) is 16.8 Å². The van der Waals surface area contributed by atoms with Gasteiger partial charge in [-0.2, -0.15) is 0 Å². The zero-order valence-electron chi connectivity index (χ0n) is 19.7. The number of hydrogen-bond donors (Lipinski definition) is 1. The lowest BCUT2D eigenvalue weighted by Crippen LogP contribution is -2.29. The molecule has 1 unspecified atom stereocenters. The van der Waals surface area contributed by atoms with Crippen molar-refractivity contribution in [2.45, 2.75) is 32.9 Å². The zero-order chi connectivity index (χ0) is 25.6. The molecule has 1 saturated heterocycles. The summed E-state index contributed by atoms with van der Waals surface area (Å²) in [7, 11) is 0. The number of aryl methyl sites for hydroxylation is 1. The van der Waals surface area contributed by atoms with Gasteiger partial charge in [-0.1, -0.05) is 41.1 Å². The van der Waals surface area contributed by atoms with Crippen molar-refractivity contribution in [1.82, 2.24) is 9.97 Å². The highest BCUT2D eigenvalue weighted by atomic mass is 35.5. The number of anilines is 1. The number of aliphatic hydroxyl groups excluding tert-OH is 1. The molecule has 0 radical (unpaired) electrons. The summed E-state index contributed by atoms with van der Waals surface area (Å²) < 4.78 is 6.57. The van der Waals surface area contributed by atoms with Gasteiger partial charge in [-0.3, -0.25) is 19.5 Å². The topological polar surface area (TPSA) is 92.6 Å². The van der Waals surface area contributed by atoms with E-state index in [1.54, 1.807) is 54.7 Å². The molecule has 5 rings (SSSR count). The SMILES string of the molecule is Cc1cc2sc(N3C(=O)C(=O)/C(=C(/O)c4cccc(OC(C)C)c4)C3c3ccccn3)nc2cc1Cl. The maximum Gasteiger partial charge on any atom is 0.301 e. The van der Waals surface area contributed by atoms with Gasteiger partial charge in [0.05, 0.1) is 27.6 Å². The molecule has 1 aliphatic heterocycles. The van der Waals surface area contributed by atoms with E-state index in [0.717, 1.165) is 10.3 Å². The number of amides is 1. The molecule has 1 fully saturated rings. The summed E-state index contributed by atoms with van der Waals surface area (Å²) in [6.07, 6.45) is 1.51. The van der Waals surface area contributed by atoms with Crippen LogP contribution in [0, 0.1) is 6.92 Å². The fourth-order valence-corrected chi connectivity index (χ4v) is 5.36. The number of thiazole rings is 1. The maximum atomic E-state index is 13.4. The minimum Gasteiger partial charge on any atom is -0.507 e. The fraction of sp³-hybridized carbons (Fsp3) is 0.185. The number of aromatic nitrogens is 2. The second-order valence-electron chi connectivity index (χ2n) is 8.68. The third-order valence-corrected chi connectivity index (χ3v) is 7.18. The quantitative estimate of drug-likeness (QED) is 0.195. The first-order valence-electron chi connectivity index (χ1n) is 11.3. The molecule has 0 aliphatic carbocycles. The first kappa shape index (κ1) is 24.0. The summed E-state index contributed by atoms with van der Waals surface area (Å²) in [4.78, 5) is 37.1. The number of hydrogen-bond acceptors (Lipinski definition) is 7. The van der Waals surface area contributed by atoms with Crippen LogP contribution in [0.3, 0.4) is 0 Å². The highest BCUT2D eigenvalue weighted by Gasteiger charge is 2.48. The minimum atomic E-state index is -0.960. The summed E-state index contributed by atoms with van der Waals surface area (Å²) in [6, 6.07) is 14.7. The number of nitrogens with zero attached hydrogens (tertiary/aromatic N) is 3. The van der Waals surface area contributed by atoms with Crippen LogP contribution in [0.4, 0.5) is 5.13 Å². The Morgan fingerprint density at radius 1 is 1.14 bits per heavy atom. The van der Waals surface area contributed by atoms with Crippen molar-refractivity contribution < 1.29 is 19.4 Å². The number of pyridine rings is 1. The van der Waals surface area contributed by atoms with Crippen LogP contribution >= 0.6 is 22.9 Å². The normalized spacial score (nSPS) is 17.4. The third kappa shape index (κ3) is 4.23. The van der Waals surface area contributed by atoms with Crippen molar-refractivity contribution in [2.24, 2.45) is 0 Å². The number of carbonyl (C=O) groups excluding carboxylic acids is 2. The van der Waals surface area contributed by atoms with Crippen LogP contribution in [-0.4, -0.2) is 32.9 Å². The number of Topliss-reactive ketones (excluding diaryl/α,β-unsaturated/α-hetero) is 1. The van der Waals surface area contributed by atoms with E-state index in [9.17, 15) is 14.7 Å². The first-order chi connectivity index (χ1) is 17.2. The van der Waals surface area contributed by atoms with Crippen LogP contribution in [-0.2, 0) is 9.59 Å². The largest absolute Gasteiger partial charge is 0.507 e. The number of aliphatic hydroxyl groups is 1. The molecule has 1 aliphatic rings. The lowest BCUT2D eigenvalue weighted by atomic mass is 9.98. The van der Waals surface area contributed by atoms with Gasteiger partial charge in [0.1, 0.15) is 17.6 Å². The molecular formula is C27H22ClN3O4S. The smallest absolute Gasteiger partial charge is 0.301 e. The Kier molecular flexibility index (Phi) is 6.24. The highest BCUT2D eigenvalue weighted by molar-refractivity contribution is 7.22. The van der Waals surface area contributed by atoms with Crippen LogP contribution in [0.15, 0.2) is 66.4 Å². The highest BCUT2D eigenvalue weighted by Crippen LogP contribution is 2.44. The lowest BCUT2D eigenvalue weighted by molar-refractivity contribution is -0.132. The predicted octanol–water partition coefficient (Wildman–Crippen LogP) is 6.07. The fourth-order valence-electron chi connectivity index (χ4n) is 4.13. The first-order valence-corrected chi connectivity index (χ1v) is 12.5. The van der Waals surface area contributed by atoms with E-state index in [1.807, 2.05) is 26.8 Å². The van der Waals surface area contributed by atoms with E-state index in [4.69, 9.17) is 16.3 Å². The second-order valence-corrected chi connectivity index (χ2v) is 10.1. The molecule has 7 nitrogen and oxygen atoms in total. The Bertz CT molecular complexity index is 1490. The molecule has 0 spiro atoms. The van der Waals surface area contributed by atoms with E-state index in [0.29, 0.717) is 32.7 Å². The third-order valence-electron chi connectivity index (χ3n) is 5.76. The molecule has 1 amide bonds. The predicted molar refractivity (Wildman–Crippen MR) is 141 cm³/mol. The molecule has 1 atom stereocenters. The number of ether oxygens (including phenoxy) is 1. The Morgan fingerprint density at radius 3 is 2.67 bits per heavy atom. The summed E-state index contributed by atoms with van der Waals surface area (Å²) >= 11 is 7.55. The van der Waals surface area contributed by atoms with Gasteiger partial charge in [0.25, 0.3) is 5.78 Å². The molecule has 1 N–H and O–H groups in total. The van der Waals surface area contributed by atoms with Crippen molar-refractivity contribution in [3.05, 3.63) is 88.2 Å². The van der Waals surface area contributed by atoms with Crippen LogP contribution in [0.2, 0.25) is 5.02 Å². The average Bonchev–Trinajstić information content (AvgIpc) is 3.36. The Balaban J connectivity index is 1.69.